The fourth-order valence-corrected chi connectivity index (χ4v) is 4.23. The number of piperidine rings is 1. The molecule has 0 amide bonds. The number of hydrogen-bond acceptors (Lipinski definition) is 3. The van der Waals surface area contributed by atoms with Gasteiger partial charge in [-0.05, 0) is 48.2 Å². The normalized spacial score (nSPS) is 20.5. The summed E-state index contributed by atoms with van der Waals surface area (Å²) in [4.78, 5) is 5.32. The van der Waals surface area contributed by atoms with E-state index in [9.17, 15) is 0 Å². The second-order valence-electron chi connectivity index (χ2n) is 7.41. The molecule has 0 bridgehead atoms. The van der Waals surface area contributed by atoms with E-state index in [0.717, 1.165) is 12.5 Å². The van der Waals surface area contributed by atoms with Gasteiger partial charge in [0, 0.05) is 39.3 Å². The lowest BCUT2D eigenvalue weighted by molar-refractivity contribution is 0.107. The van der Waals surface area contributed by atoms with Gasteiger partial charge in [0.2, 0.25) is 0 Å². The van der Waals surface area contributed by atoms with Crippen molar-refractivity contribution in [3.8, 4) is 0 Å². The minimum atomic E-state index is 0. The summed E-state index contributed by atoms with van der Waals surface area (Å²) < 4.78 is 0. The first-order valence-corrected chi connectivity index (χ1v) is 9.50. The zero-order valence-corrected chi connectivity index (χ0v) is 15.8. The molecule has 0 saturated carbocycles. The quantitative estimate of drug-likeness (QED) is 0.902. The van der Waals surface area contributed by atoms with Crippen molar-refractivity contribution in [3.63, 3.8) is 0 Å². The molecule has 2 aromatic rings. The summed E-state index contributed by atoms with van der Waals surface area (Å²) in [5.74, 6) is 0.913. The summed E-state index contributed by atoms with van der Waals surface area (Å²) >= 11 is 0. The molecule has 2 fully saturated rings. The number of fused-ring (bicyclic) bond motifs is 1. The van der Waals surface area contributed by atoms with Crippen LogP contribution in [-0.4, -0.2) is 55.6 Å². The van der Waals surface area contributed by atoms with Crippen LogP contribution in [0.25, 0.3) is 10.8 Å². The van der Waals surface area contributed by atoms with E-state index >= 15 is 0 Å². The Balaban J connectivity index is 0.00000182. The second kappa shape index (κ2) is 9.00. The van der Waals surface area contributed by atoms with Crippen LogP contribution in [0.5, 0.6) is 0 Å². The lowest BCUT2D eigenvalue weighted by atomic mass is 9.97. The smallest absolute Gasteiger partial charge is 0.0240 e. The van der Waals surface area contributed by atoms with Crippen molar-refractivity contribution in [2.75, 3.05) is 45.8 Å². The molecular weight excluding hydrogens is 330 g/mol. The zero-order valence-electron chi connectivity index (χ0n) is 15.0. The van der Waals surface area contributed by atoms with Gasteiger partial charge in [-0.25, -0.2) is 0 Å². The Bertz CT molecular complexity index is 656. The van der Waals surface area contributed by atoms with E-state index in [1.165, 1.54) is 75.0 Å². The Morgan fingerprint density at radius 1 is 0.840 bits per heavy atom. The second-order valence-corrected chi connectivity index (χ2v) is 7.41. The number of nitrogens with zero attached hydrogens (tertiary/aromatic N) is 2. The first-order valence-electron chi connectivity index (χ1n) is 9.50. The summed E-state index contributed by atoms with van der Waals surface area (Å²) in [6, 6.07) is 15.5. The Morgan fingerprint density at radius 2 is 1.52 bits per heavy atom. The third-order valence-corrected chi connectivity index (χ3v) is 5.71. The Morgan fingerprint density at radius 3 is 2.32 bits per heavy atom. The van der Waals surface area contributed by atoms with Crippen molar-refractivity contribution in [2.45, 2.75) is 19.4 Å². The van der Waals surface area contributed by atoms with E-state index in [4.69, 9.17) is 0 Å². The summed E-state index contributed by atoms with van der Waals surface area (Å²) in [6.45, 7) is 9.69. The molecule has 2 heterocycles. The third kappa shape index (κ3) is 4.73. The average molecular weight is 360 g/mol. The number of benzene rings is 2. The van der Waals surface area contributed by atoms with E-state index in [0.29, 0.717) is 0 Å². The van der Waals surface area contributed by atoms with Gasteiger partial charge in [0.05, 0.1) is 0 Å². The van der Waals surface area contributed by atoms with Crippen LogP contribution in [0.15, 0.2) is 42.5 Å². The van der Waals surface area contributed by atoms with Crippen LogP contribution in [0.2, 0.25) is 0 Å². The first-order chi connectivity index (χ1) is 11.9. The lowest BCUT2D eigenvalue weighted by Crippen LogP contribution is -2.48. The molecule has 0 atom stereocenters. The number of nitrogens with one attached hydrogen (secondary N) is 1. The molecule has 2 aromatic carbocycles. The van der Waals surface area contributed by atoms with Crippen molar-refractivity contribution in [1.29, 1.82) is 0 Å². The summed E-state index contributed by atoms with van der Waals surface area (Å²) in [5.41, 5.74) is 1.47. The van der Waals surface area contributed by atoms with Crippen molar-refractivity contribution >= 4 is 23.2 Å². The maximum absolute atomic E-state index is 3.47. The van der Waals surface area contributed by atoms with Gasteiger partial charge in [0.15, 0.2) is 0 Å². The molecule has 0 radical (unpaired) electrons. The van der Waals surface area contributed by atoms with Crippen LogP contribution in [0.1, 0.15) is 18.4 Å². The maximum atomic E-state index is 3.47. The molecule has 0 aromatic heterocycles. The van der Waals surface area contributed by atoms with E-state index in [2.05, 4.69) is 57.6 Å². The van der Waals surface area contributed by atoms with Gasteiger partial charge < -0.3 is 10.2 Å². The molecule has 4 rings (SSSR count). The molecule has 25 heavy (non-hydrogen) atoms. The van der Waals surface area contributed by atoms with E-state index < -0.39 is 0 Å². The minimum Gasteiger partial charge on any atom is -0.317 e. The third-order valence-electron chi connectivity index (χ3n) is 5.71. The predicted octanol–water partition coefficient (Wildman–Crippen LogP) is 3.38. The molecule has 0 aliphatic carbocycles. The van der Waals surface area contributed by atoms with Crippen LogP contribution in [-0.2, 0) is 6.54 Å². The molecule has 3 nitrogen and oxygen atoms in total. The number of rotatable bonds is 4. The molecule has 136 valence electrons. The number of piperazine rings is 1. The highest BCUT2D eigenvalue weighted by atomic mass is 35.5. The summed E-state index contributed by atoms with van der Waals surface area (Å²) in [6.07, 6.45) is 2.71. The number of hydrogen-bond donors (Lipinski definition) is 1. The summed E-state index contributed by atoms with van der Waals surface area (Å²) in [7, 11) is 0. The molecule has 4 heteroatoms. The largest absolute Gasteiger partial charge is 0.317 e. The van der Waals surface area contributed by atoms with Crippen LogP contribution in [0.3, 0.4) is 0 Å². The van der Waals surface area contributed by atoms with Crippen molar-refractivity contribution in [1.82, 2.24) is 15.1 Å². The molecule has 0 spiro atoms. The summed E-state index contributed by atoms with van der Waals surface area (Å²) in [5, 5.41) is 6.25. The van der Waals surface area contributed by atoms with Gasteiger partial charge in [-0.1, -0.05) is 42.5 Å². The van der Waals surface area contributed by atoms with Crippen LogP contribution in [0, 0.1) is 5.92 Å². The highest BCUT2D eigenvalue weighted by molar-refractivity contribution is 5.85. The minimum absolute atomic E-state index is 0. The van der Waals surface area contributed by atoms with E-state index in [-0.39, 0.29) is 12.4 Å². The number of halogens is 1. The Labute approximate surface area is 157 Å². The monoisotopic (exact) mass is 359 g/mol. The van der Waals surface area contributed by atoms with Gasteiger partial charge in [0.1, 0.15) is 0 Å². The SMILES string of the molecule is Cl.c1ccc2c(CN3CCN(CC4CCNCC4)CC3)cccc2c1. The van der Waals surface area contributed by atoms with E-state index in [1.54, 1.807) is 0 Å². The van der Waals surface area contributed by atoms with Gasteiger partial charge in [-0.2, -0.15) is 0 Å². The first kappa shape index (κ1) is 18.7. The highest BCUT2D eigenvalue weighted by Gasteiger charge is 2.21. The maximum Gasteiger partial charge on any atom is 0.0240 e. The lowest BCUT2D eigenvalue weighted by Gasteiger charge is -2.37. The van der Waals surface area contributed by atoms with Crippen LogP contribution >= 0.6 is 12.4 Å². The Kier molecular flexibility index (Phi) is 6.71. The standard InChI is InChI=1S/C21H29N3.ClH/c1-2-7-21-19(4-1)5-3-6-20(21)17-24-14-12-23(13-15-24)16-18-8-10-22-11-9-18;/h1-7,18,22H,8-17H2;1H. The molecule has 1 N–H and O–H groups in total. The predicted molar refractivity (Wildman–Crippen MR) is 109 cm³/mol. The van der Waals surface area contributed by atoms with Gasteiger partial charge in [-0.3, -0.25) is 4.90 Å². The topological polar surface area (TPSA) is 18.5 Å². The average Bonchev–Trinajstić information content (AvgIpc) is 2.65. The fraction of sp³-hybridized carbons (Fsp3) is 0.524. The van der Waals surface area contributed by atoms with Gasteiger partial charge >= 0.3 is 0 Å². The molecule has 0 unspecified atom stereocenters. The van der Waals surface area contributed by atoms with Crippen molar-refractivity contribution < 1.29 is 0 Å². The van der Waals surface area contributed by atoms with E-state index in [1.807, 2.05) is 0 Å². The molecule has 2 saturated heterocycles. The molecule has 2 aliphatic rings. The molecule has 2 aliphatic heterocycles. The van der Waals surface area contributed by atoms with Gasteiger partial charge in [-0.15, -0.1) is 12.4 Å². The van der Waals surface area contributed by atoms with Crippen LogP contribution in [0.4, 0.5) is 0 Å². The Hall–Kier alpha value is -1.13. The molecular formula is C21H30ClN3. The van der Waals surface area contributed by atoms with Crippen molar-refractivity contribution in [3.05, 3.63) is 48.0 Å². The van der Waals surface area contributed by atoms with Crippen LogP contribution < -0.4 is 5.32 Å². The van der Waals surface area contributed by atoms with Crippen molar-refractivity contribution in [2.24, 2.45) is 5.92 Å². The highest BCUT2D eigenvalue weighted by Crippen LogP contribution is 2.21. The van der Waals surface area contributed by atoms with Gasteiger partial charge in [0.25, 0.3) is 0 Å². The fourth-order valence-electron chi connectivity index (χ4n) is 4.23. The zero-order chi connectivity index (χ0) is 16.2.